The van der Waals surface area contributed by atoms with Gasteiger partial charge < -0.3 is 15.0 Å². The summed E-state index contributed by atoms with van der Waals surface area (Å²) in [5.41, 5.74) is 1.64. The average molecular weight is 151 g/mol. The van der Waals surface area contributed by atoms with Crippen LogP contribution in [0.3, 0.4) is 0 Å². The summed E-state index contributed by atoms with van der Waals surface area (Å²) in [5, 5.41) is 12.1. The molecule has 2 heterocycles. The van der Waals surface area contributed by atoms with Gasteiger partial charge in [0.2, 0.25) is 0 Å². The summed E-state index contributed by atoms with van der Waals surface area (Å²) in [6.07, 6.45) is 4.63. The molecule has 0 aromatic carbocycles. The highest BCUT2D eigenvalue weighted by atomic mass is 16.3. The summed E-state index contributed by atoms with van der Waals surface area (Å²) in [4.78, 5) is 4.04. The van der Waals surface area contributed by atoms with E-state index in [-0.39, 0.29) is 0 Å². The zero-order valence-electron chi connectivity index (χ0n) is 6.15. The molecule has 0 aliphatic carbocycles. The maximum absolute atomic E-state index is 9.34. The lowest BCUT2D eigenvalue weighted by atomic mass is 10.2. The van der Waals surface area contributed by atoms with Gasteiger partial charge in [0.1, 0.15) is 5.69 Å². The van der Waals surface area contributed by atoms with Crippen LogP contribution < -0.4 is 5.32 Å². The fourth-order valence-corrected chi connectivity index (χ4v) is 1.17. The van der Waals surface area contributed by atoms with Gasteiger partial charge in [0, 0.05) is 13.2 Å². The van der Waals surface area contributed by atoms with Gasteiger partial charge in [0.15, 0.2) is 6.23 Å². The third-order valence-corrected chi connectivity index (χ3v) is 1.77. The number of fused-ring (bicyclic) bond motifs is 1. The molecule has 0 saturated heterocycles. The normalized spacial score (nSPS) is 21.1. The van der Waals surface area contributed by atoms with Gasteiger partial charge in [-0.3, -0.25) is 0 Å². The molecule has 0 fully saturated rings. The molecule has 58 valence electrons. The number of aryl methyl sites for hydroxylation is 1. The summed E-state index contributed by atoms with van der Waals surface area (Å²) >= 11 is 0. The van der Waals surface area contributed by atoms with Crippen LogP contribution in [-0.2, 0) is 7.05 Å². The van der Waals surface area contributed by atoms with Gasteiger partial charge in [-0.25, -0.2) is 4.98 Å². The van der Waals surface area contributed by atoms with E-state index in [2.05, 4.69) is 10.3 Å². The second-order valence-corrected chi connectivity index (χ2v) is 2.53. The van der Waals surface area contributed by atoms with Crippen molar-refractivity contribution < 1.29 is 5.11 Å². The second-order valence-electron chi connectivity index (χ2n) is 2.53. The molecule has 0 unspecified atom stereocenters. The number of aliphatic hydroxyl groups excluding tert-OH is 1. The molecule has 1 aliphatic rings. The van der Waals surface area contributed by atoms with Crippen LogP contribution in [0.2, 0.25) is 0 Å². The molecule has 1 atom stereocenters. The molecule has 4 nitrogen and oxygen atoms in total. The van der Waals surface area contributed by atoms with E-state index in [9.17, 15) is 5.11 Å². The fraction of sp³-hybridized carbons (Fsp3) is 0.286. The van der Waals surface area contributed by atoms with E-state index in [0.717, 1.165) is 5.69 Å². The minimum absolute atomic E-state index is 0.656. The standard InChI is InChI=1S/C7H9N3O/c1-10-4-9-6-5(10)2-3-8-7(6)11/h2-4,7-8,11H,1H3/t7-/m0/s1. The van der Waals surface area contributed by atoms with Crippen LogP contribution in [0.25, 0.3) is 6.08 Å². The number of nitrogens with one attached hydrogen (secondary N) is 1. The zero-order valence-corrected chi connectivity index (χ0v) is 6.15. The maximum Gasteiger partial charge on any atom is 0.169 e. The highest BCUT2D eigenvalue weighted by Gasteiger charge is 2.16. The van der Waals surface area contributed by atoms with E-state index in [0.29, 0.717) is 5.69 Å². The molecule has 0 amide bonds. The first kappa shape index (κ1) is 6.42. The Balaban J connectivity index is 2.57. The van der Waals surface area contributed by atoms with Gasteiger partial charge in [-0.05, 0) is 6.08 Å². The van der Waals surface area contributed by atoms with Gasteiger partial charge in [0.25, 0.3) is 0 Å². The van der Waals surface area contributed by atoms with E-state index < -0.39 is 6.23 Å². The Morgan fingerprint density at radius 1 is 1.73 bits per heavy atom. The predicted molar refractivity (Wildman–Crippen MR) is 40.3 cm³/mol. The number of aromatic nitrogens is 2. The molecule has 0 bridgehead atoms. The SMILES string of the molecule is Cn1cnc2c1C=CN[C@H]2O. The van der Waals surface area contributed by atoms with Crippen molar-refractivity contribution in [2.75, 3.05) is 0 Å². The van der Waals surface area contributed by atoms with E-state index in [4.69, 9.17) is 0 Å². The molecule has 0 radical (unpaired) electrons. The summed E-state index contributed by atoms with van der Waals surface area (Å²) in [6.45, 7) is 0. The van der Waals surface area contributed by atoms with Crippen molar-refractivity contribution in [3.05, 3.63) is 23.9 Å². The Kier molecular flexibility index (Phi) is 1.22. The van der Waals surface area contributed by atoms with Crippen molar-refractivity contribution in [1.29, 1.82) is 0 Å². The van der Waals surface area contributed by atoms with Crippen LogP contribution in [0.5, 0.6) is 0 Å². The van der Waals surface area contributed by atoms with Gasteiger partial charge in [0.05, 0.1) is 12.0 Å². The first-order valence-corrected chi connectivity index (χ1v) is 3.41. The lowest BCUT2D eigenvalue weighted by molar-refractivity contribution is 0.150. The van der Waals surface area contributed by atoms with Crippen molar-refractivity contribution in [1.82, 2.24) is 14.9 Å². The second kappa shape index (κ2) is 2.10. The highest BCUT2D eigenvalue weighted by molar-refractivity contribution is 5.50. The quantitative estimate of drug-likeness (QED) is 0.548. The minimum Gasteiger partial charge on any atom is -0.368 e. The van der Waals surface area contributed by atoms with Gasteiger partial charge in [-0.1, -0.05) is 0 Å². The van der Waals surface area contributed by atoms with Crippen molar-refractivity contribution in [2.24, 2.45) is 7.05 Å². The lowest BCUT2D eigenvalue weighted by Crippen LogP contribution is -2.19. The Labute approximate surface area is 64.2 Å². The summed E-state index contributed by atoms with van der Waals surface area (Å²) in [5.74, 6) is 0. The number of rotatable bonds is 0. The minimum atomic E-state index is -0.656. The zero-order chi connectivity index (χ0) is 7.84. The Morgan fingerprint density at radius 2 is 2.55 bits per heavy atom. The maximum atomic E-state index is 9.34. The van der Waals surface area contributed by atoms with Crippen LogP contribution in [-0.4, -0.2) is 14.7 Å². The summed E-state index contributed by atoms with van der Waals surface area (Å²) < 4.78 is 1.87. The van der Waals surface area contributed by atoms with Crippen molar-refractivity contribution in [3.8, 4) is 0 Å². The Bertz CT molecular complexity index is 303. The van der Waals surface area contributed by atoms with Gasteiger partial charge in [-0.2, -0.15) is 0 Å². The van der Waals surface area contributed by atoms with E-state index in [1.54, 1.807) is 12.5 Å². The fourth-order valence-electron chi connectivity index (χ4n) is 1.17. The molecule has 2 rings (SSSR count). The Morgan fingerprint density at radius 3 is 3.27 bits per heavy atom. The topological polar surface area (TPSA) is 50.1 Å². The van der Waals surface area contributed by atoms with Crippen LogP contribution in [0.1, 0.15) is 17.6 Å². The van der Waals surface area contributed by atoms with E-state index in [1.807, 2.05) is 17.7 Å². The monoisotopic (exact) mass is 151 g/mol. The summed E-state index contributed by atoms with van der Waals surface area (Å²) in [6, 6.07) is 0. The predicted octanol–water partition coefficient (Wildman–Crippen LogP) is -0.0151. The molecule has 2 N–H and O–H groups in total. The molecular weight excluding hydrogens is 142 g/mol. The first-order valence-electron chi connectivity index (χ1n) is 3.41. The Hall–Kier alpha value is -1.29. The van der Waals surface area contributed by atoms with Crippen LogP contribution >= 0.6 is 0 Å². The van der Waals surface area contributed by atoms with Crippen molar-refractivity contribution >= 4 is 6.08 Å². The third-order valence-electron chi connectivity index (χ3n) is 1.77. The molecule has 11 heavy (non-hydrogen) atoms. The smallest absolute Gasteiger partial charge is 0.169 e. The third kappa shape index (κ3) is 0.832. The molecule has 0 saturated carbocycles. The van der Waals surface area contributed by atoms with Crippen molar-refractivity contribution in [3.63, 3.8) is 0 Å². The molecule has 1 aromatic heterocycles. The molecule has 1 aliphatic heterocycles. The number of hydrogen-bond donors (Lipinski definition) is 2. The average Bonchev–Trinajstić information content (AvgIpc) is 2.35. The summed E-state index contributed by atoms with van der Waals surface area (Å²) in [7, 11) is 1.90. The van der Waals surface area contributed by atoms with Crippen LogP contribution in [0.4, 0.5) is 0 Å². The van der Waals surface area contributed by atoms with Gasteiger partial charge >= 0.3 is 0 Å². The number of hydrogen-bond acceptors (Lipinski definition) is 3. The molecule has 0 spiro atoms. The number of imidazole rings is 1. The lowest BCUT2D eigenvalue weighted by Gasteiger charge is -2.13. The molecule has 1 aromatic rings. The molecule has 4 heteroatoms. The van der Waals surface area contributed by atoms with Crippen LogP contribution in [0, 0.1) is 0 Å². The number of aliphatic hydroxyl groups is 1. The van der Waals surface area contributed by atoms with E-state index in [1.165, 1.54) is 0 Å². The highest BCUT2D eigenvalue weighted by Crippen LogP contribution is 2.18. The largest absolute Gasteiger partial charge is 0.368 e. The van der Waals surface area contributed by atoms with Crippen molar-refractivity contribution in [2.45, 2.75) is 6.23 Å². The molecular formula is C7H9N3O. The van der Waals surface area contributed by atoms with E-state index >= 15 is 0 Å². The number of nitrogens with zero attached hydrogens (tertiary/aromatic N) is 2. The first-order chi connectivity index (χ1) is 5.29. The van der Waals surface area contributed by atoms with Gasteiger partial charge in [-0.15, -0.1) is 0 Å². The van der Waals surface area contributed by atoms with Crippen LogP contribution in [0.15, 0.2) is 12.5 Å².